The van der Waals surface area contributed by atoms with Crippen molar-refractivity contribution in [2.45, 2.75) is 25.0 Å². The minimum Gasteiger partial charge on any atom is -0.481 e. The van der Waals surface area contributed by atoms with Gasteiger partial charge in [0, 0.05) is 32.1 Å². The molecule has 1 aromatic heterocycles. The Bertz CT molecular complexity index is 511. The van der Waals surface area contributed by atoms with Gasteiger partial charge in [-0.25, -0.2) is 9.97 Å². The summed E-state index contributed by atoms with van der Waals surface area (Å²) in [6.07, 6.45) is 3.11. The third kappa shape index (κ3) is 2.92. The number of hydrogen-bond donors (Lipinski definition) is 1. The molecule has 1 aromatic rings. The number of nitrogens with one attached hydrogen (secondary N) is 1. The smallest absolute Gasteiger partial charge is 0.222 e. The monoisotopic (exact) mass is 292 g/mol. The van der Waals surface area contributed by atoms with Crippen LogP contribution in [0.2, 0.25) is 0 Å². The first-order valence-corrected chi connectivity index (χ1v) is 7.16. The predicted molar refractivity (Wildman–Crippen MR) is 76.2 cm³/mol. The van der Waals surface area contributed by atoms with Crippen LogP contribution in [-0.4, -0.2) is 55.3 Å². The van der Waals surface area contributed by atoms with Crippen LogP contribution in [0.15, 0.2) is 12.4 Å². The van der Waals surface area contributed by atoms with Crippen molar-refractivity contribution in [1.82, 2.24) is 15.3 Å². The second-order valence-electron chi connectivity index (χ2n) is 5.49. The first kappa shape index (κ1) is 14.1. The number of methoxy groups -OCH3 is 1. The van der Waals surface area contributed by atoms with Crippen LogP contribution in [0.25, 0.3) is 0 Å². The second-order valence-corrected chi connectivity index (χ2v) is 5.49. The Kier molecular flexibility index (Phi) is 3.92. The van der Waals surface area contributed by atoms with Crippen molar-refractivity contribution in [1.29, 1.82) is 0 Å². The molecule has 7 nitrogen and oxygen atoms in total. The highest BCUT2D eigenvalue weighted by atomic mass is 16.5. The number of amides is 1. The van der Waals surface area contributed by atoms with Crippen LogP contribution in [0, 0.1) is 5.92 Å². The van der Waals surface area contributed by atoms with E-state index in [-0.39, 0.29) is 18.1 Å². The number of fused-ring (bicyclic) bond motifs is 1. The molecule has 114 valence electrons. The molecule has 1 amide bonds. The number of aromatic nitrogens is 2. The van der Waals surface area contributed by atoms with E-state index in [2.05, 4.69) is 20.2 Å². The van der Waals surface area contributed by atoms with E-state index in [4.69, 9.17) is 9.47 Å². The summed E-state index contributed by atoms with van der Waals surface area (Å²) in [5.41, 5.74) is 0. The quantitative estimate of drug-likeness (QED) is 0.855. The number of nitrogens with zero attached hydrogens (tertiary/aromatic N) is 3. The van der Waals surface area contributed by atoms with Gasteiger partial charge in [-0.15, -0.1) is 0 Å². The maximum Gasteiger partial charge on any atom is 0.222 e. The first-order chi connectivity index (χ1) is 10.2. The van der Waals surface area contributed by atoms with Crippen molar-refractivity contribution >= 4 is 11.7 Å². The van der Waals surface area contributed by atoms with Crippen LogP contribution in [0.5, 0.6) is 5.88 Å². The van der Waals surface area contributed by atoms with Gasteiger partial charge < -0.3 is 19.7 Å². The summed E-state index contributed by atoms with van der Waals surface area (Å²) >= 11 is 0. The maximum absolute atomic E-state index is 11.4. The van der Waals surface area contributed by atoms with E-state index >= 15 is 0 Å². The van der Waals surface area contributed by atoms with Gasteiger partial charge in [0.2, 0.25) is 11.8 Å². The van der Waals surface area contributed by atoms with Crippen LogP contribution in [0.4, 0.5) is 5.82 Å². The Labute approximate surface area is 123 Å². The number of rotatable bonds is 4. The topological polar surface area (TPSA) is 76.6 Å². The second kappa shape index (κ2) is 5.85. The van der Waals surface area contributed by atoms with Gasteiger partial charge in [-0.3, -0.25) is 4.79 Å². The molecule has 0 saturated carbocycles. The van der Waals surface area contributed by atoms with Crippen LogP contribution in [0.3, 0.4) is 0 Å². The Morgan fingerprint density at radius 3 is 3.10 bits per heavy atom. The average molecular weight is 292 g/mol. The fourth-order valence-corrected chi connectivity index (χ4v) is 3.10. The van der Waals surface area contributed by atoms with Gasteiger partial charge in [0.1, 0.15) is 12.1 Å². The van der Waals surface area contributed by atoms with Gasteiger partial charge in [0.25, 0.3) is 0 Å². The van der Waals surface area contributed by atoms with Crippen LogP contribution in [-0.2, 0) is 9.53 Å². The molecular weight excluding hydrogens is 272 g/mol. The van der Waals surface area contributed by atoms with Gasteiger partial charge >= 0.3 is 0 Å². The molecule has 0 aromatic carbocycles. The van der Waals surface area contributed by atoms with Crippen molar-refractivity contribution in [2.75, 3.05) is 32.1 Å². The fraction of sp³-hybridized carbons (Fsp3) is 0.643. The highest BCUT2D eigenvalue weighted by Gasteiger charge is 2.42. The zero-order valence-electron chi connectivity index (χ0n) is 12.3. The summed E-state index contributed by atoms with van der Waals surface area (Å²) in [6.45, 7) is 1.70. The maximum atomic E-state index is 11.4. The van der Waals surface area contributed by atoms with Gasteiger partial charge in [-0.2, -0.15) is 0 Å². The van der Waals surface area contributed by atoms with E-state index in [1.165, 1.54) is 6.33 Å². The molecule has 0 bridgehead atoms. The predicted octanol–water partition coefficient (Wildman–Crippen LogP) is 0.215. The SMILES string of the molecule is CNC(=O)C[C@H]1C[C@H]2CN(c3cc(OC)ncn3)C[C@H]2O1. The Balaban J connectivity index is 1.60. The molecule has 0 unspecified atom stereocenters. The highest BCUT2D eigenvalue weighted by molar-refractivity contribution is 5.76. The molecule has 2 saturated heterocycles. The third-order valence-corrected chi connectivity index (χ3v) is 4.17. The summed E-state index contributed by atoms with van der Waals surface area (Å²) < 4.78 is 11.1. The minimum absolute atomic E-state index is 0.0392. The van der Waals surface area contributed by atoms with E-state index in [0.29, 0.717) is 18.2 Å². The standard InChI is InChI=1S/C14H20N4O3/c1-15-13(19)4-10-3-9-6-18(7-11(9)21-10)12-5-14(20-2)17-8-16-12/h5,8-11H,3-4,6-7H2,1-2H3,(H,15,19)/t9-,10+,11+/m0/s1. The van der Waals surface area contributed by atoms with Gasteiger partial charge in [0.05, 0.1) is 25.7 Å². The van der Waals surface area contributed by atoms with E-state index in [1.807, 2.05) is 6.07 Å². The van der Waals surface area contributed by atoms with Crippen LogP contribution in [0.1, 0.15) is 12.8 Å². The number of carbonyl (C=O) groups is 1. The number of anilines is 1. The molecule has 21 heavy (non-hydrogen) atoms. The molecular formula is C14H20N4O3. The lowest BCUT2D eigenvalue weighted by Gasteiger charge is -2.20. The molecule has 3 atom stereocenters. The van der Waals surface area contributed by atoms with Crippen molar-refractivity contribution in [3.63, 3.8) is 0 Å². The lowest BCUT2D eigenvalue weighted by Crippen LogP contribution is -2.28. The molecule has 2 fully saturated rings. The number of carbonyl (C=O) groups excluding carboxylic acids is 1. The molecule has 1 N–H and O–H groups in total. The Morgan fingerprint density at radius 2 is 2.38 bits per heavy atom. The van der Waals surface area contributed by atoms with Crippen molar-refractivity contribution < 1.29 is 14.3 Å². The Hall–Kier alpha value is -1.89. The van der Waals surface area contributed by atoms with Crippen LogP contribution >= 0.6 is 0 Å². The third-order valence-electron chi connectivity index (χ3n) is 4.17. The summed E-state index contributed by atoms with van der Waals surface area (Å²) in [4.78, 5) is 21.9. The Morgan fingerprint density at radius 1 is 1.52 bits per heavy atom. The normalized spacial score (nSPS) is 27.5. The lowest BCUT2D eigenvalue weighted by atomic mass is 10.0. The molecule has 3 heterocycles. The average Bonchev–Trinajstić information content (AvgIpc) is 3.05. The van der Waals surface area contributed by atoms with Gasteiger partial charge in [-0.05, 0) is 6.42 Å². The van der Waals surface area contributed by atoms with Crippen molar-refractivity contribution in [2.24, 2.45) is 5.92 Å². The zero-order valence-corrected chi connectivity index (χ0v) is 12.3. The largest absolute Gasteiger partial charge is 0.481 e. The molecule has 0 aliphatic carbocycles. The van der Waals surface area contributed by atoms with Gasteiger partial charge in [0.15, 0.2) is 0 Å². The van der Waals surface area contributed by atoms with E-state index in [0.717, 1.165) is 25.3 Å². The highest BCUT2D eigenvalue weighted by Crippen LogP contribution is 2.36. The zero-order chi connectivity index (χ0) is 14.8. The van der Waals surface area contributed by atoms with E-state index in [9.17, 15) is 4.79 Å². The number of ether oxygens (including phenoxy) is 2. The molecule has 2 aliphatic rings. The fourth-order valence-electron chi connectivity index (χ4n) is 3.10. The summed E-state index contributed by atoms with van der Waals surface area (Å²) in [6, 6.07) is 1.84. The van der Waals surface area contributed by atoms with E-state index in [1.54, 1.807) is 14.2 Å². The van der Waals surface area contributed by atoms with Crippen molar-refractivity contribution in [3.8, 4) is 5.88 Å². The van der Waals surface area contributed by atoms with E-state index < -0.39 is 0 Å². The summed E-state index contributed by atoms with van der Waals surface area (Å²) in [5.74, 6) is 1.93. The molecule has 0 spiro atoms. The molecule has 2 aliphatic heterocycles. The summed E-state index contributed by atoms with van der Waals surface area (Å²) in [5, 5.41) is 2.64. The molecule has 7 heteroatoms. The minimum atomic E-state index is 0.0392. The lowest BCUT2D eigenvalue weighted by molar-refractivity contribution is -0.123. The summed E-state index contributed by atoms with van der Waals surface area (Å²) in [7, 11) is 3.25. The first-order valence-electron chi connectivity index (χ1n) is 7.16. The van der Waals surface area contributed by atoms with Crippen molar-refractivity contribution in [3.05, 3.63) is 12.4 Å². The van der Waals surface area contributed by atoms with Crippen LogP contribution < -0.4 is 15.0 Å². The van der Waals surface area contributed by atoms with Gasteiger partial charge in [-0.1, -0.05) is 0 Å². The number of hydrogen-bond acceptors (Lipinski definition) is 6. The molecule has 3 rings (SSSR count). The molecule has 0 radical (unpaired) electrons.